The Morgan fingerprint density at radius 3 is 2.79 bits per heavy atom. The molecular formula is C22H27N5O2. The molecule has 0 unspecified atom stereocenters. The summed E-state index contributed by atoms with van der Waals surface area (Å²) in [5.41, 5.74) is 1.55. The number of fused-ring (bicyclic) bond motifs is 1. The number of hydrogen-bond donors (Lipinski definition) is 0. The van der Waals surface area contributed by atoms with Crippen LogP contribution in [0.15, 0.2) is 48.7 Å². The zero-order chi connectivity index (χ0) is 20.1. The van der Waals surface area contributed by atoms with Crippen LogP contribution in [0.25, 0.3) is 10.8 Å². The first-order chi connectivity index (χ1) is 14.2. The molecule has 1 aliphatic heterocycles. The first kappa shape index (κ1) is 19.5. The van der Waals surface area contributed by atoms with Crippen molar-refractivity contribution >= 4 is 16.7 Å². The third kappa shape index (κ3) is 4.81. The number of morpholine rings is 1. The Bertz CT molecular complexity index is 959. The Morgan fingerprint density at radius 1 is 1.14 bits per heavy atom. The van der Waals surface area contributed by atoms with E-state index in [1.54, 1.807) is 15.8 Å². The van der Waals surface area contributed by atoms with Gasteiger partial charge < -0.3 is 9.64 Å². The molecular weight excluding hydrogens is 366 g/mol. The van der Waals surface area contributed by atoms with Gasteiger partial charge in [0, 0.05) is 33.2 Å². The molecule has 7 nitrogen and oxygen atoms in total. The minimum atomic E-state index is -0.0869. The zero-order valence-corrected chi connectivity index (χ0v) is 16.8. The molecule has 0 aliphatic carbocycles. The van der Waals surface area contributed by atoms with Gasteiger partial charge in [-0.15, -0.1) is 5.10 Å². The molecule has 0 saturated carbocycles. The smallest absolute Gasteiger partial charge is 0.275 e. The summed E-state index contributed by atoms with van der Waals surface area (Å²) in [5, 5.41) is 10.7. The molecule has 1 aromatic heterocycles. The monoisotopic (exact) mass is 393 g/mol. The number of benzene rings is 2. The Kier molecular flexibility index (Phi) is 6.17. The van der Waals surface area contributed by atoms with Crippen LogP contribution in [0.3, 0.4) is 0 Å². The van der Waals surface area contributed by atoms with Crippen molar-refractivity contribution in [2.24, 2.45) is 0 Å². The van der Waals surface area contributed by atoms with Crippen molar-refractivity contribution < 1.29 is 9.53 Å². The van der Waals surface area contributed by atoms with E-state index in [2.05, 4.69) is 39.5 Å². The SMILES string of the molecule is CN(CCCN1CCOCC1)C(=O)c1cn(Cc2cccc3ccccc23)nn1. The number of carbonyl (C=O) groups is 1. The van der Waals surface area contributed by atoms with Gasteiger partial charge in [0.2, 0.25) is 0 Å². The largest absolute Gasteiger partial charge is 0.379 e. The second-order valence-electron chi connectivity index (χ2n) is 7.47. The van der Waals surface area contributed by atoms with Crippen molar-refractivity contribution in [2.75, 3.05) is 46.4 Å². The topological polar surface area (TPSA) is 63.5 Å². The molecule has 1 amide bonds. The molecule has 0 N–H and O–H groups in total. The van der Waals surface area contributed by atoms with E-state index >= 15 is 0 Å². The predicted octanol–water partition coefficient (Wildman–Crippen LogP) is 2.27. The van der Waals surface area contributed by atoms with Gasteiger partial charge in [0.25, 0.3) is 5.91 Å². The van der Waals surface area contributed by atoms with Gasteiger partial charge in [0.05, 0.1) is 26.0 Å². The van der Waals surface area contributed by atoms with E-state index in [-0.39, 0.29) is 5.91 Å². The van der Waals surface area contributed by atoms with Crippen molar-refractivity contribution in [3.8, 4) is 0 Å². The van der Waals surface area contributed by atoms with Crippen LogP contribution in [0.1, 0.15) is 22.5 Å². The van der Waals surface area contributed by atoms with Crippen LogP contribution in [0.2, 0.25) is 0 Å². The number of nitrogens with zero attached hydrogens (tertiary/aromatic N) is 5. The fraction of sp³-hybridized carbons (Fsp3) is 0.409. The highest BCUT2D eigenvalue weighted by Gasteiger charge is 2.17. The van der Waals surface area contributed by atoms with Crippen LogP contribution in [0.4, 0.5) is 0 Å². The van der Waals surface area contributed by atoms with Crippen LogP contribution >= 0.6 is 0 Å². The molecule has 2 aromatic carbocycles. The Balaban J connectivity index is 1.34. The molecule has 1 fully saturated rings. The van der Waals surface area contributed by atoms with E-state index in [9.17, 15) is 4.79 Å². The maximum Gasteiger partial charge on any atom is 0.275 e. The van der Waals surface area contributed by atoms with Gasteiger partial charge in [-0.1, -0.05) is 47.7 Å². The summed E-state index contributed by atoms with van der Waals surface area (Å²) in [5.74, 6) is -0.0869. The lowest BCUT2D eigenvalue weighted by Gasteiger charge is -2.27. The highest BCUT2D eigenvalue weighted by atomic mass is 16.5. The van der Waals surface area contributed by atoms with Crippen LogP contribution in [0.5, 0.6) is 0 Å². The highest BCUT2D eigenvalue weighted by Crippen LogP contribution is 2.19. The first-order valence-electron chi connectivity index (χ1n) is 10.1. The van der Waals surface area contributed by atoms with Gasteiger partial charge in [0.1, 0.15) is 0 Å². The Hall–Kier alpha value is -2.77. The third-order valence-electron chi connectivity index (χ3n) is 5.39. The second kappa shape index (κ2) is 9.15. The van der Waals surface area contributed by atoms with Gasteiger partial charge >= 0.3 is 0 Å². The number of rotatable bonds is 7. The zero-order valence-electron chi connectivity index (χ0n) is 16.8. The Labute approximate surface area is 170 Å². The number of ether oxygens (including phenoxy) is 1. The number of carbonyl (C=O) groups excluding carboxylic acids is 1. The number of aromatic nitrogens is 3. The summed E-state index contributed by atoms with van der Waals surface area (Å²) in [6.45, 7) is 5.81. The molecule has 29 heavy (non-hydrogen) atoms. The molecule has 1 saturated heterocycles. The fourth-order valence-electron chi connectivity index (χ4n) is 3.73. The third-order valence-corrected chi connectivity index (χ3v) is 5.39. The fourth-order valence-corrected chi connectivity index (χ4v) is 3.73. The van der Waals surface area contributed by atoms with Gasteiger partial charge in [-0.3, -0.25) is 9.69 Å². The standard InChI is InChI=1S/C22H27N5O2/c1-25(10-5-11-26-12-14-29-15-13-26)22(28)21-17-27(24-23-21)16-19-8-4-7-18-6-2-3-9-20(18)19/h2-4,6-9,17H,5,10-16H2,1H3. The summed E-state index contributed by atoms with van der Waals surface area (Å²) in [6, 6.07) is 14.5. The van der Waals surface area contributed by atoms with Crippen LogP contribution in [-0.4, -0.2) is 77.1 Å². The molecule has 7 heteroatoms. The molecule has 2 heterocycles. The van der Waals surface area contributed by atoms with Crippen molar-refractivity contribution in [3.05, 3.63) is 59.9 Å². The van der Waals surface area contributed by atoms with Gasteiger partial charge in [0.15, 0.2) is 5.69 Å². The van der Waals surface area contributed by atoms with E-state index in [0.717, 1.165) is 44.8 Å². The first-order valence-corrected chi connectivity index (χ1v) is 10.1. The van der Waals surface area contributed by atoms with Crippen LogP contribution < -0.4 is 0 Å². The molecule has 3 aromatic rings. The van der Waals surface area contributed by atoms with Crippen molar-refractivity contribution in [1.29, 1.82) is 0 Å². The molecule has 0 spiro atoms. The van der Waals surface area contributed by atoms with Gasteiger partial charge in [-0.25, -0.2) is 4.68 Å². The molecule has 0 radical (unpaired) electrons. The summed E-state index contributed by atoms with van der Waals surface area (Å²) >= 11 is 0. The van der Waals surface area contributed by atoms with Crippen LogP contribution in [0, 0.1) is 0 Å². The lowest BCUT2D eigenvalue weighted by Crippen LogP contribution is -2.38. The molecule has 0 atom stereocenters. The number of amides is 1. The van der Waals surface area contributed by atoms with Crippen molar-refractivity contribution in [1.82, 2.24) is 24.8 Å². The van der Waals surface area contributed by atoms with E-state index in [4.69, 9.17) is 4.74 Å². The van der Waals surface area contributed by atoms with E-state index < -0.39 is 0 Å². The minimum Gasteiger partial charge on any atom is -0.379 e. The van der Waals surface area contributed by atoms with Gasteiger partial charge in [-0.2, -0.15) is 0 Å². The Morgan fingerprint density at radius 2 is 1.93 bits per heavy atom. The maximum absolute atomic E-state index is 12.7. The van der Waals surface area contributed by atoms with Gasteiger partial charge in [-0.05, 0) is 22.8 Å². The lowest BCUT2D eigenvalue weighted by atomic mass is 10.0. The summed E-state index contributed by atoms with van der Waals surface area (Å²) in [4.78, 5) is 16.8. The molecule has 4 rings (SSSR count). The predicted molar refractivity (Wildman–Crippen MR) is 112 cm³/mol. The lowest BCUT2D eigenvalue weighted by molar-refractivity contribution is 0.0361. The molecule has 0 bridgehead atoms. The van der Waals surface area contributed by atoms with Crippen molar-refractivity contribution in [2.45, 2.75) is 13.0 Å². The quantitative estimate of drug-likeness (QED) is 0.616. The minimum absolute atomic E-state index is 0.0869. The van der Waals surface area contributed by atoms with E-state index in [1.807, 2.05) is 25.2 Å². The van der Waals surface area contributed by atoms with Crippen molar-refractivity contribution in [3.63, 3.8) is 0 Å². The van der Waals surface area contributed by atoms with E-state index in [1.165, 1.54) is 10.8 Å². The summed E-state index contributed by atoms with van der Waals surface area (Å²) in [6.07, 6.45) is 2.68. The summed E-state index contributed by atoms with van der Waals surface area (Å²) < 4.78 is 7.10. The van der Waals surface area contributed by atoms with Crippen LogP contribution in [-0.2, 0) is 11.3 Å². The number of hydrogen-bond acceptors (Lipinski definition) is 5. The normalized spacial score (nSPS) is 14.9. The molecule has 1 aliphatic rings. The van der Waals surface area contributed by atoms with E-state index in [0.29, 0.717) is 18.8 Å². The summed E-state index contributed by atoms with van der Waals surface area (Å²) in [7, 11) is 1.82. The maximum atomic E-state index is 12.7. The highest BCUT2D eigenvalue weighted by molar-refractivity contribution is 5.91. The second-order valence-corrected chi connectivity index (χ2v) is 7.47. The average Bonchev–Trinajstić information content (AvgIpc) is 3.22. The molecule has 152 valence electrons. The average molecular weight is 393 g/mol.